The topological polar surface area (TPSA) is 63.3 Å². The van der Waals surface area contributed by atoms with Crippen LogP contribution in [0.5, 0.6) is 0 Å². The van der Waals surface area contributed by atoms with Crippen LogP contribution < -0.4 is 0 Å². The van der Waals surface area contributed by atoms with Crippen LogP contribution in [0.3, 0.4) is 0 Å². The van der Waals surface area contributed by atoms with Crippen LogP contribution in [-0.4, -0.2) is 16.1 Å². The molecule has 2 aromatic rings. The second kappa shape index (κ2) is 3.33. The molecule has 1 heterocycles. The van der Waals surface area contributed by atoms with Gasteiger partial charge in [-0.3, -0.25) is 0 Å². The predicted molar refractivity (Wildman–Crippen MR) is 48.9 cm³/mol. The van der Waals surface area contributed by atoms with E-state index in [9.17, 15) is 4.79 Å². The normalized spacial score (nSPS) is 10.0. The molecule has 0 aliphatic heterocycles. The maximum Gasteiger partial charge on any atom is 0.336 e. The van der Waals surface area contributed by atoms with Crippen LogP contribution >= 0.6 is 0 Å². The average Bonchev–Trinajstić information content (AvgIpc) is 2.70. The zero-order chi connectivity index (χ0) is 9.97. The van der Waals surface area contributed by atoms with E-state index >= 15 is 0 Å². The summed E-state index contributed by atoms with van der Waals surface area (Å²) < 4.78 is 5.04. The van der Waals surface area contributed by atoms with Gasteiger partial charge in [0.2, 0.25) is 5.89 Å². The molecule has 0 amide bonds. The average molecular weight is 189 g/mol. The standard InChI is InChI=1S/C10H7NO3/c12-10(13)8-4-2-1-3-7(8)9-11-5-6-14-9/h1-6H,(H,12,13). The Bertz CT molecular complexity index is 448. The van der Waals surface area contributed by atoms with Crippen LogP contribution in [0.25, 0.3) is 11.5 Å². The van der Waals surface area contributed by atoms with Crippen molar-refractivity contribution in [3.05, 3.63) is 42.3 Å². The fourth-order valence-corrected chi connectivity index (χ4v) is 1.21. The number of carboxylic acid groups (broad SMARTS) is 1. The van der Waals surface area contributed by atoms with Gasteiger partial charge in [0.05, 0.1) is 17.3 Å². The van der Waals surface area contributed by atoms with Gasteiger partial charge >= 0.3 is 5.97 Å². The SMILES string of the molecule is O=C(O)c1ccccc1-c1ncco1. The van der Waals surface area contributed by atoms with Crippen molar-refractivity contribution in [1.82, 2.24) is 4.98 Å². The Hall–Kier alpha value is -2.10. The van der Waals surface area contributed by atoms with Gasteiger partial charge in [-0.05, 0) is 12.1 Å². The summed E-state index contributed by atoms with van der Waals surface area (Å²) in [6.07, 6.45) is 2.89. The minimum atomic E-state index is -0.987. The molecule has 4 heteroatoms. The Morgan fingerprint density at radius 2 is 2.14 bits per heavy atom. The quantitative estimate of drug-likeness (QED) is 0.785. The maximum absolute atomic E-state index is 10.8. The molecule has 0 aliphatic rings. The molecule has 0 aliphatic carbocycles. The summed E-state index contributed by atoms with van der Waals surface area (Å²) in [5, 5.41) is 8.90. The fourth-order valence-electron chi connectivity index (χ4n) is 1.21. The van der Waals surface area contributed by atoms with E-state index in [1.807, 2.05) is 0 Å². The van der Waals surface area contributed by atoms with Crippen molar-refractivity contribution in [3.8, 4) is 11.5 Å². The number of carbonyl (C=O) groups is 1. The lowest BCUT2D eigenvalue weighted by molar-refractivity contribution is 0.0697. The number of hydrogen-bond acceptors (Lipinski definition) is 3. The summed E-state index contributed by atoms with van der Waals surface area (Å²) in [5.41, 5.74) is 0.681. The highest BCUT2D eigenvalue weighted by atomic mass is 16.4. The number of rotatable bonds is 2. The number of aromatic nitrogens is 1. The van der Waals surface area contributed by atoms with Gasteiger partial charge in [0.1, 0.15) is 6.26 Å². The Morgan fingerprint density at radius 1 is 1.36 bits per heavy atom. The highest BCUT2D eigenvalue weighted by molar-refractivity contribution is 5.94. The minimum Gasteiger partial charge on any atom is -0.478 e. The van der Waals surface area contributed by atoms with Crippen molar-refractivity contribution in [1.29, 1.82) is 0 Å². The highest BCUT2D eigenvalue weighted by Crippen LogP contribution is 2.21. The largest absolute Gasteiger partial charge is 0.478 e. The van der Waals surface area contributed by atoms with E-state index in [-0.39, 0.29) is 5.56 Å². The summed E-state index contributed by atoms with van der Waals surface area (Å²) in [7, 11) is 0. The monoisotopic (exact) mass is 189 g/mol. The van der Waals surface area contributed by atoms with Gasteiger partial charge in [0.15, 0.2) is 0 Å². The van der Waals surface area contributed by atoms with Crippen LogP contribution in [0.15, 0.2) is 41.1 Å². The molecular weight excluding hydrogens is 182 g/mol. The molecule has 0 fully saturated rings. The van der Waals surface area contributed by atoms with E-state index in [1.54, 1.807) is 18.2 Å². The first kappa shape index (κ1) is 8.50. The molecule has 0 radical (unpaired) electrons. The smallest absolute Gasteiger partial charge is 0.336 e. The van der Waals surface area contributed by atoms with Gasteiger partial charge in [-0.2, -0.15) is 0 Å². The molecule has 70 valence electrons. The molecule has 0 bridgehead atoms. The Kier molecular flexibility index (Phi) is 2.02. The highest BCUT2D eigenvalue weighted by Gasteiger charge is 2.13. The third-order valence-electron chi connectivity index (χ3n) is 1.82. The maximum atomic E-state index is 10.8. The molecule has 1 N–H and O–H groups in total. The van der Waals surface area contributed by atoms with Crippen molar-refractivity contribution < 1.29 is 14.3 Å². The van der Waals surface area contributed by atoms with Gasteiger partial charge in [-0.1, -0.05) is 12.1 Å². The lowest BCUT2D eigenvalue weighted by Crippen LogP contribution is -1.98. The molecule has 2 rings (SSSR count). The molecular formula is C10H7NO3. The Morgan fingerprint density at radius 3 is 2.79 bits per heavy atom. The van der Waals surface area contributed by atoms with Gasteiger partial charge in [0.25, 0.3) is 0 Å². The molecule has 4 nitrogen and oxygen atoms in total. The Labute approximate surface area is 79.8 Å². The summed E-state index contributed by atoms with van der Waals surface area (Å²) in [6, 6.07) is 6.58. The minimum absolute atomic E-state index is 0.190. The molecule has 0 spiro atoms. The van der Waals surface area contributed by atoms with E-state index in [2.05, 4.69) is 4.98 Å². The van der Waals surface area contributed by atoms with E-state index < -0.39 is 5.97 Å². The van der Waals surface area contributed by atoms with E-state index in [0.717, 1.165) is 0 Å². The molecule has 0 saturated carbocycles. The summed E-state index contributed by atoms with van der Waals surface area (Å²) in [6.45, 7) is 0. The van der Waals surface area contributed by atoms with Crippen LogP contribution in [0.2, 0.25) is 0 Å². The van der Waals surface area contributed by atoms with Crippen LogP contribution in [-0.2, 0) is 0 Å². The van der Waals surface area contributed by atoms with Gasteiger partial charge in [-0.15, -0.1) is 0 Å². The third-order valence-corrected chi connectivity index (χ3v) is 1.82. The zero-order valence-corrected chi connectivity index (χ0v) is 7.18. The number of carboxylic acids is 1. The van der Waals surface area contributed by atoms with Crippen LogP contribution in [0.1, 0.15) is 10.4 Å². The molecule has 0 saturated heterocycles. The van der Waals surface area contributed by atoms with Gasteiger partial charge < -0.3 is 9.52 Å². The molecule has 1 aromatic carbocycles. The zero-order valence-electron chi connectivity index (χ0n) is 7.18. The molecule has 0 unspecified atom stereocenters. The van der Waals surface area contributed by atoms with Gasteiger partial charge in [-0.25, -0.2) is 9.78 Å². The lowest BCUT2D eigenvalue weighted by atomic mass is 10.1. The van der Waals surface area contributed by atoms with Crippen molar-refractivity contribution in [2.24, 2.45) is 0 Å². The molecule has 1 aromatic heterocycles. The van der Waals surface area contributed by atoms with Crippen molar-refractivity contribution in [3.63, 3.8) is 0 Å². The number of oxazole rings is 1. The number of nitrogens with zero attached hydrogens (tertiary/aromatic N) is 1. The molecule has 0 atom stereocenters. The summed E-state index contributed by atoms with van der Waals surface area (Å²) in [4.78, 5) is 14.7. The first-order valence-corrected chi connectivity index (χ1v) is 4.01. The van der Waals surface area contributed by atoms with Crippen LogP contribution in [0, 0.1) is 0 Å². The van der Waals surface area contributed by atoms with Crippen molar-refractivity contribution in [2.75, 3.05) is 0 Å². The lowest BCUT2D eigenvalue weighted by Gasteiger charge is -2.00. The number of aromatic carboxylic acids is 1. The summed E-state index contributed by atoms with van der Waals surface area (Å²) in [5.74, 6) is -0.665. The van der Waals surface area contributed by atoms with Crippen molar-refractivity contribution >= 4 is 5.97 Å². The number of hydrogen-bond donors (Lipinski definition) is 1. The third kappa shape index (κ3) is 1.37. The van der Waals surface area contributed by atoms with E-state index in [1.165, 1.54) is 18.5 Å². The molecule has 14 heavy (non-hydrogen) atoms. The summed E-state index contributed by atoms with van der Waals surface area (Å²) >= 11 is 0. The van der Waals surface area contributed by atoms with Gasteiger partial charge in [0, 0.05) is 0 Å². The Balaban J connectivity index is 2.58. The van der Waals surface area contributed by atoms with E-state index in [4.69, 9.17) is 9.52 Å². The fraction of sp³-hybridized carbons (Fsp3) is 0. The van der Waals surface area contributed by atoms with E-state index in [0.29, 0.717) is 11.5 Å². The first-order chi connectivity index (χ1) is 6.79. The second-order valence-corrected chi connectivity index (χ2v) is 2.69. The first-order valence-electron chi connectivity index (χ1n) is 4.01. The predicted octanol–water partition coefficient (Wildman–Crippen LogP) is 2.04. The second-order valence-electron chi connectivity index (χ2n) is 2.69. The number of benzene rings is 1. The van der Waals surface area contributed by atoms with Crippen molar-refractivity contribution in [2.45, 2.75) is 0 Å². The van der Waals surface area contributed by atoms with Crippen LogP contribution in [0.4, 0.5) is 0 Å².